The molecule has 0 spiro atoms. The number of nitrogens with zero attached hydrogens (tertiary/aromatic N) is 2. The minimum atomic E-state index is -5.08. The number of carboxylic acids is 1. The van der Waals surface area contributed by atoms with Crippen LogP contribution in [0.1, 0.15) is 42.1 Å². The van der Waals surface area contributed by atoms with Gasteiger partial charge in [0.25, 0.3) is 5.91 Å². The average molecular weight is 408 g/mol. The van der Waals surface area contributed by atoms with Crippen molar-refractivity contribution >= 4 is 11.9 Å². The molecule has 0 aliphatic carbocycles. The number of rotatable bonds is 5. The SMILES string of the molecule is CCN(CC)Cc1cc(C(=O)N2CCCOCC2)c(C)o1.O=C(O)C(F)(F)F. The molecule has 1 aliphatic rings. The molecule has 1 saturated heterocycles. The maximum atomic E-state index is 12.6. The van der Waals surface area contributed by atoms with Gasteiger partial charge in [0.1, 0.15) is 11.5 Å². The fourth-order valence-corrected chi connectivity index (χ4v) is 2.62. The first-order valence-electron chi connectivity index (χ1n) is 9.08. The van der Waals surface area contributed by atoms with Crippen molar-refractivity contribution < 1.29 is 37.0 Å². The molecule has 7 nitrogen and oxygen atoms in total. The Morgan fingerprint density at radius 2 is 1.82 bits per heavy atom. The number of hydrogen-bond acceptors (Lipinski definition) is 5. The van der Waals surface area contributed by atoms with Gasteiger partial charge < -0.3 is 19.2 Å². The van der Waals surface area contributed by atoms with Crippen molar-refractivity contribution in [3.63, 3.8) is 0 Å². The summed E-state index contributed by atoms with van der Waals surface area (Å²) in [6.07, 6.45) is -4.19. The summed E-state index contributed by atoms with van der Waals surface area (Å²) >= 11 is 0. The van der Waals surface area contributed by atoms with Gasteiger partial charge in [0.15, 0.2) is 0 Å². The van der Waals surface area contributed by atoms with Gasteiger partial charge in [-0.2, -0.15) is 13.2 Å². The Morgan fingerprint density at radius 3 is 2.36 bits per heavy atom. The molecular weight excluding hydrogens is 381 g/mol. The van der Waals surface area contributed by atoms with Crippen LogP contribution in [-0.2, 0) is 16.1 Å². The number of alkyl halides is 3. The Kier molecular flexibility index (Phi) is 9.47. The lowest BCUT2D eigenvalue weighted by atomic mass is 10.2. The summed E-state index contributed by atoms with van der Waals surface area (Å²) in [5.74, 6) is -1.11. The molecule has 0 radical (unpaired) electrons. The zero-order chi connectivity index (χ0) is 21.3. The molecule has 0 saturated carbocycles. The molecule has 1 aliphatic heterocycles. The first-order chi connectivity index (χ1) is 13.1. The predicted octanol–water partition coefficient (Wildman–Crippen LogP) is 2.93. The van der Waals surface area contributed by atoms with Crippen molar-refractivity contribution in [1.82, 2.24) is 9.80 Å². The van der Waals surface area contributed by atoms with Crippen molar-refractivity contribution in [1.29, 1.82) is 0 Å². The summed E-state index contributed by atoms with van der Waals surface area (Å²) in [4.78, 5) is 25.6. The van der Waals surface area contributed by atoms with Gasteiger partial charge in [0, 0.05) is 19.7 Å². The van der Waals surface area contributed by atoms with Crippen LogP contribution in [0.2, 0.25) is 0 Å². The molecule has 2 rings (SSSR count). The van der Waals surface area contributed by atoms with Crippen molar-refractivity contribution in [2.45, 2.75) is 39.9 Å². The Balaban J connectivity index is 0.000000480. The quantitative estimate of drug-likeness (QED) is 0.807. The number of ether oxygens (including phenoxy) is 1. The second-order valence-electron chi connectivity index (χ2n) is 6.21. The maximum absolute atomic E-state index is 12.6. The molecule has 1 amide bonds. The number of carbonyl (C=O) groups excluding carboxylic acids is 1. The number of halogens is 3. The summed E-state index contributed by atoms with van der Waals surface area (Å²) < 4.78 is 42.9. The molecule has 1 aromatic heterocycles. The summed E-state index contributed by atoms with van der Waals surface area (Å²) in [7, 11) is 0. The van der Waals surface area contributed by atoms with E-state index in [0.717, 1.165) is 45.0 Å². The molecule has 0 atom stereocenters. The van der Waals surface area contributed by atoms with Crippen LogP contribution in [0, 0.1) is 6.92 Å². The Bertz CT molecular complexity index is 634. The first-order valence-corrected chi connectivity index (χ1v) is 9.08. The molecule has 0 aromatic carbocycles. The number of hydrogen-bond donors (Lipinski definition) is 1. The number of carbonyl (C=O) groups is 2. The number of aliphatic carboxylic acids is 1. The highest BCUT2D eigenvalue weighted by atomic mass is 19.4. The molecule has 28 heavy (non-hydrogen) atoms. The fraction of sp³-hybridized carbons (Fsp3) is 0.667. The third-order valence-corrected chi connectivity index (χ3v) is 4.23. The monoisotopic (exact) mass is 408 g/mol. The average Bonchev–Trinajstić information content (AvgIpc) is 2.83. The molecule has 1 N–H and O–H groups in total. The van der Waals surface area contributed by atoms with E-state index in [4.69, 9.17) is 19.1 Å². The Morgan fingerprint density at radius 1 is 1.21 bits per heavy atom. The Labute approximate surface area is 162 Å². The van der Waals surface area contributed by atoms with E-state index in [9.17, 15) is 18.0 Å². The van der Waals surface area contributed by atoms with Crippen LogP contribution >= 0.6 is 0 Å². The third kappa shape index (κ3) is 7.51. The summed E-state index contributed by atoms with van der Waals surface area (Å²) in [6, 6.07) is 1.90. The van der Waals surface area contributed by atoms with E-state index in [1.54, 1.807) is 0 Å². The van der Waals surface area contributed by atoms with Crippen LogP contribution in [0.4, 0.5) is 13.2 Å². The molecule has 0 unspecified atom stereocenters. The summed E-state index contributed by atoms with van der Waals surface area (Å²) in [5, 5.41) is 7.12. The third-order valence-electron chi connectivity index (χ3n) is 4.23. The van der Waals surface area contributed by atoms with Crippen molar-refractivity contribution in [2.24, 2.45) is 0 Å². The number of furan rings is 1. The standard InChI is InChI=1S/C16H26N2O3.C2HF3O2/c1-4-17(5-2)12-14-11-15(13(3)21-14)16(19)18-7-6-9-20-10-8-18;3-2(4,5)1(6)7/h11H,4-10,12H2,1-3H3;(H,6,7). The molecule has 2 heterocycles. The lowest BCUT2D eigenvalue weighted by Gasteiger charge is -2.18. The van der Waals surface area contributed by atoms with E-state index < -0.39 is 12.1 Å². The van der Waals surface area contributed by atoms with E-state index >= 15 is 0 Å². The molecule has 0 bridgehead atoms. The van der Waals surface area contributed by atoms with Crippen molar-refractivity contribution in [2.75, 3.05) is 39.4 Å². The first kappa shape index (κ1) is 24.0. The molecule has 10 heteroatoms. The molecular formula is C18H27F3N2O5. The highest BCUT2D eigenvalue weighted by Gasteiger charge is 2.38. The smallest absolute Gasteiger partial charge is 0.475 e. The van der Waals surface area contributed by atoms with Gasteiger partial charge in [-0.25, -0.2) is 4.79 Å². The van der Waals surface area contributed by atoms with E-state index in [1.165, 1.54) is 0 Å². The lowest BCUT2D eigenvalue weighted by molar-refractivity contribution is -0.192. The van der Waals surface area contributed by atoms with Crippen LogP contribution in [0.25, 0.3) is 0 Å². The van der Waals surface area contributed by atoms with Crippen LogP contribution in [-0.4, -0.2) is 72.4 Å². The second-order valence-corrected chi connectivity index (χ2v) is 6.21. The maximum Gasteiger partial charge on any atom is 0.490 e. The zero-order valence-electron chi connectivity index (χ0n) is 16.3. The number of aryl methyl sites for hydroxylation is 1. The second kappa shape index (κ2) is 11.1. The van der Waals surface area contributed by atoms with Crippen molar-refractivity contribution in [3.05, 3.63) is 23.2 Å². The summed E-state index contributed by atoms with van der Waals surface area (Å²) in [6.45, 7) is 11.6. The number of amides is 1. The van der Waals surface area contributed by atoms with Crippen LogP contribution in [0.5, 0.6) is 0 Å². The topological polar surface area (TPSA) is 83.2 Å². The van der Waals surface area contributed by atoms with Gasteiger partial charge in [-0.05, 0) is 32.5 Å². The van der Waals surface area contributed by atoms with Crippen molar-refractivity contribution in [3.8, 4) is 0 Å². The van der Waals surface area contributed by atoms with Gasteiger partial charge in [0.05, 0.1) is 18.7 Å². The largest absolute Gasteiger partial charge is 0.490 e. The molecule has 1 fully saturated rings. The lowest BCUT2D eigenvalue weighted by Crippen LogP contribution is -2.33. The fourth-order valence-electron chi connectivity index (χ4n) is 2.62. The minimum Gasteiger partial charge on any atom is -0.475 e. The number of carboxylic acid groups (broad SMARTS) is 1. The molecule has 1 aromatic rings. The highest BCUT2D eigenvalue weighted by molar-refractivity contribution is 5.95. The van der Waals surface area contributed by atoms with Gasteiger partial charge >= 0.3 is 12.1 Å². The predicted molar refractivity (Wildman–Crippen MR) is 95.1 cm³/mol. The molecule has 160 valence electrons. The summed E-state index contributed by atoms with van der Waals surface area (Å²) in [5.41, 5.74) is 0.694. The van der Waals surface area contributed by atoms with Gasteiger partial charge in [-0.3, -0.25) is 9.69 Å². The minimum absolute atomic E-state index is 0.0625. The van der Waals surface area contributed by atoms with E-state index in [-0.39, 0.29) is 5.91 Å². The van der Waals surface area contributed by atoms with Gasteiger partial charge in [0.2, 0.25) is 0 Å². The Hall–Kier alpha value is -2.07. The normalized spacial score (nSPS) is 15.0. The van der Waals surface area contributed by atoms with E-state index in [2.05, 4.69) is 18.7 Å². The van der Waals surface area contributed by atoms with Crippen LogP contribution < -0.4 is 0 Å². The van der Waals surface area contributed by atoms with Crippen LogP contribution in [0.3, 0.4) is 0 Å². The zero-order valence-corrected chi connectivity index (χ0v) is 16.3. The van der Waals surface area contributed by atoms with Crippen LogP contribution in [0.15, 0.2) is 10.5 Å². The van der Waals surface area contributed by atoms with Gasteiger partial charge in [-0.15, -0.1) is 0 Å². The van der Waals surface area contributed by atoms with Gasteiger partial charge in [-0.1, -0.05) is 13.8 Å². The van der Waals surface area contributed by atoms with E-state index in [1.807, 2.05) is 17.9 Å². The highest BCUT2D eigenvalue weighted by Crippen LogP contribution is 2.19. The van der Waals surface area contributed by atoms with E-state index in [0.29, 0.717) is 24.5 Å².